The summed E-state index contributed by atoms with van der Waals surface area (Å²) in [6.45, 7) is 8.52. The SMILES string of the molecule is CC(C)CCOC(=O)C[C@H](N=[P+]([O-])Oc1ccccc1)C(=O)OCCC(C)C. The van der Waals surface area contributed by atoms with Crippen LogP contribution in [0.2, 0.25) is 0 Å². The average Bonchev–Trinajstić information content (AvgIpc) is 2.61. The lowest BCUT2D eigenvalue weighted by atomic mass is 10.1. The van der Waals surface area contributed by atoms with E-state index in [1.807, 2.05) is 27.7 Å². The summed E-state index contributed by atoms with van der Waals surface area (Å²) in [6, 6.07) is 7.26. The second-order valence-corrected chi connectivity index (χ2v) is 8.12. The quantitative estimate of drug-likeness (QED) is 0.383. The van der Waals surface area contributed by atoms with Crippen LogP contribution >= 0.6 is 8.17 Å². The molecule has 28 heavy (non-hydrogen) atoms. The van der Waals surface area contributed by atoms with Crippen molar-refractivity contribution in [2.45, 2.75) is 53.0 Å². The Morgan fingerprint density at radius 2 is 1.57 bits per heavy atom. The molecule has 0 aliphatic rings. The normalized spacial score (nSPS) is 12.8. The number of hydrogen-bond donors (Lipinski definition) is 0. The molecule has 0 amide bonds. The third-order valence-corrected chi connectivity index (χ3v) is 4.52. The number of carbonyl (C=O) groups excluding carboxylic acids is 2. The maximum absolute atomic E-state index is 12.3. The summed E-state index contributed by atoms with van der Waals surface area (Å²) in [5.74, 6) is -0.177. The van der Waals surface area contributed by atoms with Gasteiger partial charge in [-0.05, 0) is 36.8 Å². The Labute approximate surface area is 168 Å². The summed E-state index contributed by atoms with van der Waals surface area (Å²) in [6.07, 6.45) is 1.07. The van der Waals surface area contributed by atoms with Crippen LogP contribution in [-0.4, -0.2) is 31.2 Å². The van der Waals surface area contributed by atoms with Gasteiger partial charge >= 0.3 is 20.1 Å². The monoisotopic (exact) mass is 411 g/mol. The molecule has 156 valence electrons. The highest BCUT2D eigenvalue weighted by Gasteiger charge is 2.28. The third-order valence-electron chi connectivity index (χ3n) is 3.69. The van der Waals surface area contributed by atoms with Gasteiger partial charge in [-0.3, -0.25) is 9.32 Å². The fraction of sp³-hybridized carbons (Fsp3) is 0.600. The minimum Gasteiger partial charge on any atom is -0.575 e. The molecule has 1 rings (SSSR count). The van der Waals surface area contributed by atoms with E-state index < -0.39 is 26.1 Å². The summed E-state index contributed by atoms with van der Waals surface area (Å²) in [5, 5.41) is 0. The zero-order chi connectivity index (χ0) is 20.9. The van der Waals surface area contributed by atoms with Crippen LogP contribution in [0.5, 0.6) is 5.75 Å². The Kier molecular flexibility index (Phi) is 11.4. The van der Waals surface area contributed by atoms with Gasteiger partial charge in [0.2, 0.25) is 6.04 Å². The van der Waals surface area contributed by atoms with Crippen LogP contribution in [0.25, 0.3) is 0 Å². The summed E-state index contributed by atoms with van der Waals surface area (Å²) < 4.78 is 19.4. The summed E-state index contributed by atoms with van der Waals surface area (Å²) in [7, 11) is -2.54. The van der Waals surface area contributed by atoms with Crippen LogP contribution in [0.3, 0.4) is 0 Å². The van der Waals surface area contributed by atoms with Crippen molar-refractivity contribution in [2.24, 2.45) is 16.6 Å². The molecule has 0 radical (unpaired) electrons. The van der Waals surface area contributed by atoms with E-state index >= 15 is 0 Å². The molecule has 0 saturated carbocycles. The summed E-state index contributed by atoms with van der Waals surface area (Å²) in [4.78, 5) is 36.6. The van der Waals surface area contributed by atoms with Crippen LogP contribution in [0.1, 0.15) is 47.0 Å². The standard InChI is InChI=1S/C20H30NO6P/c1-15(2)10-12-25-19(22)14-18(20(23)26-13-11-16(3)4)21-28(24)27-17-8-6-5-7-9-17/h5-9,15-16,18H,10-14H2,1-4H3/t18-/m0/s1. The largest absolute Gasteiger partial charge is 0.575 e. The van der Waals surface area contributed by atoms with E-state index in [0.717, 1.165) is 6.42 Å². The second-order valence-electron chi connectivity index (χ2n) is 7.23. The van der Waals surface area contributed by atoms with Gasteiger partial charge in [0, 0.05) is 0 Å². The fourth-order valence-electron chi connectivity index (χ4n) is 2.00. The van der Waals surface area contributed by atoms with Crippen molar-refractivity contribution < 1.29 is 28.5 Å². The number of esters is 2. The van der Waals surface area contributed by atoms with Crippen molar-refractivity contribution in [2.75, 3.05) is 13.2 Å². The lowest BCUT2D eigenvalue weighted by Gasteiger charge is -2.12. The third kappa shape index (κ3) is 11.0. The Bertz CT molecular complexity index is 633. The average molecular weight is 411 g/mol. The Hall–Kier alpha value is -1.98. The van der Waals surface area contributed by atoms with Crippen molar-refractivity contribution in [1.29, 1.82) is 0 Å². The van der Waals surface area contributed by atoms with E-state index in [9.17, 15) is 14.5 Å². The van der Waals surface area contributed by atoms with Crippen LogP contribution < -0.4 is 9.42 Å². The molecular weight excluding hydrogens is 381 g/mol. The van der Waals surface area contributed by atoms with Crippen molar-refractivity contribution in [3.05, 3.63) is 30.3 Å². The Morgan fingerprint density at radius 1 is 1.00 bits per heavy atom. The molecule has 0 N–H and O–H groups in total. The van der Waals surface area contributed by atoms with Crippen molar-refractivity contribution in [3.63, 3.8) is 0 Å². The summed E-state index contributed by atoms with van der Waals surface area (Å²) >= 11 is 0. The molecule has 0 spiro atoms. The maximum atomic E-state index is 12.3. The van der Waals surface area contributed by atoms with E-state index in [2.05, 4.69) is 4.74 Å². The Balaban J connectivity index is 2.73. The van der Waals surface area contributed by atoms with E-state index in [-0.39, 0.29) is 19.6 Å². The van der Waals surface area contributed by atoms with Crippen LogP contribution in [0.15, 0.2) is 35.1 Å². The molecule has 0 saturated heterocycles. The molecule has 0 heterocycles. The first kappa shape index (κ1) is 24.1. The minimum atomic E-state index is -2.54. The smallest absolute Gasteiger partial charge is 0.395 e. The second kappa shape index (κ2) is 13.2. The number of carbonyl (C=O) groups is 2. The predicted octanol–water partition coefficient (Wildman–Crippen LogP) is 3.86. The van der Waals surface area contributed by atoms with E-state index in [1.54, 1.807) is 30.3 Å². The summed E-state index contributed by atoms with van der Waals surface area (Å²) in [5.41, 5.74) is 0. The van der Waals surface area contributed by atoms with Crippen LogP contribution in [0.4, 0.5) is 0 Å². The van der Waals surface area contributed by atoms with Gasteiger partial charge in [0.05, 0.1) is 19.6 Å². The molecule has 1 aromatic carbocycles. The first-order valence-electron chi connectivity index (χ1n) is 9.51. The predicted molar refractivity (Wildman–Crippen MR) is 106 cm³/mol. The lowest BCUT2D eigenvalue weighted by molar-refractivity contribution is -0.170. The first-order valence-corrected chi connectivity index (χ1v) is 10.6. The molecule has 1 unspecified atom stereocenters. The molecule has 8 heteroatoms. The van der Waals surface area contributed by atoms with Crippen molar-refractivity contribution >= 4 is 20.1 Å². The maximum Gasteiger partial charge on any atom is 0.395 e. The molecule has 0 aromatic heterocycles. The van der Waals surface area contributed by atoms with Crippen LogP contribution in [-0.2, 0) is 19.1 Å². The van der Waals surface area contributed by atoms with Gasteiger partial charge in [-0.1, -0.05) is 50.6 Å². The number of hydrogen-bond acceptors (Lipinski definition) is 7. The minimum absolute atomic E-state index is 0.210. The number of rotatable bonds is 12. The first-order chi connectivity index (χ1) is 13.3. The van der Waals surface area contributed by atoms with Gasteiger partial charge in [0.1, 0.15) is 0 Å². The van der Waals surface area contributed by atoms with Gasteiger partial charge in [0.15, 0.2) is 5.75 Å². The Morgan fingerprint density at radius 3 is 2.14 bits per heavy atom. The molecule has 7 nitrogen and oxygen atoms in total. The zero-order valence-corrected chi connectivity index (χ0v) is 17.9. The molecule has 1 aromatic rings. The molecule has 0 aliphatic heterocycles. The highest BCUT2D eigenvalue weighted by Crippen LogP contribution is 2.25. The number of ether oxygens (including phenoxy) is 2. The number of nitrogens with zero attached hydrogens (tertiary/aromatic N) is 1. The molecule has 2 atom stereocenters. The fourth-order valence-corrected chi connectivity index (χ4v) is 2.75. The molecule has 0 aliphatic carbocycles. The zero-order valence-electron chi connectivity index (χ0n) is 17.0. The van der Waals surface area contributed by atoms with Gasteiger partial charge in [-0.15, -0.1) is 0 Å². The highest BCUT2D eigenvalue weighted by molar-refractivity contribution is 7.34. The van der Waals surface area contributed by atoms with Crippen molar-refractivity contribution in [3.8, 4) is 5.75 Å². The number of benzene rings is 1. The molecule has 0 fully saturated rings. The van der Waals surface area contributed by atoms with Gasteiger partial charge < -0.3 is 14.4 Å². The lowest BCUT2D eigenvalue weighted by Crippen LogP contribution is -2.26. The van der Waals surface area contributed by atoms with Gasteiger partial charge in [0.25, 0.3) is 0 Å². The van der Waals surface area contributed by atoms with Crippen molar-refractivity contribution in [1.82, 2.24) is 0 Å². The molecular formula is C20H30NO6P. The van der Waals surface area contributed by atoms with E-state index in [4.69, 9.17) is 14.0 Å². The van der Waals surface area contributed by atoms with E-state index in [0.29, 0.717) is 24.0 Å². The van der Waals surface area contributed by atoms with Gasteiger partial charge in [-0.2, -0.15) is 0 Å². The molecule has 0 bridgehead atoms. The highest BCUT2D eigenvalue weighted by atomic mass is 31.1. The van der Waals surface area contributed by atoms with Crippen LogP contribution in [0, 0.1) is 11.8 Å². The topological polar surface area (TPSA) is 97.3 Å². The number of para-hydroxylation sites is 1. The van der Waals surface area contributed by atoms with E-state index in [1.165, 1.54) is 0 Å². The van der Waals surface area contributed by atoms with Gasteiger partial charge in [-0.25, -0.2) is 4.79 Å².